The van der Waals surface area contributed by atoms with Gasteiger partial charge in [0.1, 0.15) is 30.2 Å². The number of benzene rings is 2. The van der Waals surface area contributed by atoms with Gasteiger partial charge in [0.25, 0.3) is 0 Å². The molecule has 2 heterocycles. The summed E-state index contributed by atoms with van der Waals surface area (Å²) >= 11 is 0. The zero-order valence-corrected chi connectivity index (χ0v) is 21.5. The van der Waals surface area contributed by atoms with Gasteiger partial charge in [-0.1, -0.05) is 49.4 Å². The first-order chi connectivity index (χ1) is 18.1. The van der Waals surface area contributed by atoms with Gasteiger partial charge in [-0.3, -0.25) is 0 Å². The van der Waals surface area contributed by atoms with Gasteiger partial charge in [-0.2, -0.15) is 0 Å². The minimum atomic E-state index is -1.16. The van der Waals surface area contributed by atoms with Crippen molar-refractivity contribution in [3.05, 3.63) is 77.9 Å². The van der Waals surface area contributed by atoms with E-state index in [-0.39, 0.29) is 0 Å². The van der Waals surface area contributed by atoms with Gasteiger partial charge in [-0.05, 0) is 37.5 Å². The summed E-state index contributed by atoms with van der Waals surface area (Å²) in [6.45, 7) is 9.24. The Kier molecular flexibility index (Phi) is 10.1. The van der Waals surface area contributed by atoms with Crippen molar-refractivity contribution in [2.24, 2.45) is 0 Å². The number of ether oxygens (including phenoxy) is 6. The van der Waals surface area contributed by atoms with Crippen LogP contribution in [0.25, 0.3) is 0 Å². The zero-order chi connectivity index (χ0) is 26.2. The molecule has 2 aromatic carbocycles. The molecule has 7 unspecified atom stereocenters. The van der Waals surface area contributed by atoms with Crippen LogP contribution in [0.4, 0.5) is 0 Å². The third-order valence-electron chi connectivity index (χ3n) is 6.47. The summed E-state index contributed by atoms with van der Waals surface area (Å²) in [6.07, 6.45) is -1.86. The lowest BCUT2D eigenvalue weighted by atomic mass is 9.93. The van der Waals surface area contributed by atoms with Gasteiger partial charge in [0.2, 0.25) is 0 Å². The van der Waals surface area contributed by atoms with Crippen LogP contribution in [0.1, 0.15) is 56.0 Å². The molecule has 37 heavy (non-hydrogen) atoms. The first kappa shape index (κ1) is 27.7. The summed E-state index contributed by atoms with van der Waals surface area (Å²) in [5, 5.41) is 20.5. The normalized spacial score (nSPS) is 28.3. The molecule has 0 spiro atoms. The summed E-state index contributed by atoms with van der Waals surface area (Å²) < 4.78 is 36.4. The van der Waals surface area contributed by atoms with Crippen molar-refractivity contribution < 1.29 is 38.6 Å². The summed E-state index contributed by atoms with van der Waals surface area (Å²) in [4.78, 5) is 0. The average Bonchev–Trinajstić information content (AvgIpc) is 2.94. The Morgan fingerprint density at radius 2 is 1.57 bits per heavy atom. The first-order valence-electron chi connectivity index (χ1n) is 13.0. The number of hydrogen-bond acceptors (Lipinski definition) is 8. The van der Waals surface area contributed by atoms with Crippen LogP contribution in [-0.2, 0) is 30.3 Å². The first-order valence-corrected chi connectivity index (χ1v) is 13.0. The van der Waals surface area contributed by atoms with Gasteiger partial charge in [-0.15, -0.1) is 6.58 Å². The highest BCUT2D eigenvalue weighted by Crippen LogP contribution is 2.42. The lowest BCUT2D eigenvalue weighted by Gasteiger charge is -2.50. The van der Waals surface area contributed by atoms with Crippen molar-refractivity contribution in [3.8, 4) is 5.75 Å². The highest BCUT2D eigenvalue weighted by molar-refractivity contribution is 5.28. The van der Waals surface area contributed by atoms with E-state index < -0.39 is 49.7 Å². The highest BCUT2D eigenvalue weighted by Gasteiger charge is 2.51. The third kappa shape index (κ3) is 6.78. The van der Waals surface area contributed by atoms with Gasteiger partial charge in [-0.25, -0.2) is 0 Å². The van der Waals surface area contributed by atoms with E-state index in [1.165, 1.54) is 0 Å². The Labute approximate surface area is 218 Å². The predicted molar refractivity (Wildman–Crippen MR) is 137 cm³/mol. The van der Waals surface area contributed by atoms with Crippen LogP contribution >= 0.6 is 0 Å². The highest BCUT2D eigenvalue weighted by atomic mass is 16.8. The van der Waals surface area contributed by atoms with Gasteiger partial charge < -0.3 is 38.6 Å². The molecule has 8 heteroatoms. The Morgan fingerprint density at radius 3 is 2.19 bits per heavy atom. The fourth-order valence-corrected chi connectivity index (χ4v) is 4.54. The van der Waals surface area contributed by atoms with E-state index in [1.54, 1.807) is 6.08 Å². The molecule has 0 radical (unpaired) electrons. The van der Waals surface area contributed by atoms with E-state index in [1.807, 2.05) is 55.5 Å². The van der Waals surface area contributed by atoms with Gasteiger partial charge >= 0.3 is 0 Å². The Morgan fingerprint density at radius 1 is 0.919 bits per heavy atom. The second-order valence-corrected chi connectivity index (χ2v) is 9.21. The monoisotopic (exact) mass is 514 g/mol. The molecule has 2 aliphatic rings. The number of aliphatic hydroxyl groups excluding tert-OH is 2. The van der Waals surface area contributed by atoms with E-state index >= 15 is 0 Å². The molecule has 0 bridgehead atoms. The molecule has 0 aromatic heterocycles. The van der Waals surface area contributed by atoms with Crippen LogP contribution in [0.2, 0.25) is 0 Å². The minimum absolute atomic E-state index is 0.392. The molecular formula is C29H38O8. The molecule has 2 fully saturated rings. The molecule has 7 atom stereocenters. The Balaban J connectivity index is 1.56. The molecule has 2 saturated heterocycles. The predicted octanol–water partition coefficient (Wildman–Crippen LogP) is 4.21. The number of rotatable bonds is 12. The SMILES string of the molecule is C=CCC1OC(c2ccc(COCC)cc2)OC2C(C(O)CO)OC(c3ccc(OCCC)cc3)OC12. The van der Waals surface area contributed by atoms with Crippen molar-refractivity contribution in [2.75, 3.05) is 19.8 Å². The van der Waals surface area contributed by atoms with Crippen LogP contribution in [-0.4, -0.2) is 60.6 Å². The largest absolute Gasteiger partial charge is 0.494 e. The van der Waals surface area contributed by atoms with Gasteiger partial charge in [0.15, 0.2) is 12.6 Å². The van der Waals surface area contributed by atoms with Crippen molar-refractivity contribution in [1.82, 2.24) is 0 Å². The van der Waals surface area contributed by atoms with E-state index in [0.717, 1.165) is 28.9 Å². The molecule has 2 aromatic rings. The fourth-order valence-electron chi connectivity index (χ4n) is 4.54. The molecule has 4 rings (SSSR count). The molecule has 0 amide bonds. The number of fused-ring (bicyclic) bond motifs is 1. The average molecular weight is 515 g/mol. The quantitative estimate of drug-likeness (QED) is 0.407. The molecule has 2 N–H and O–H groups in total. The van der Waals surface area contributed by atoms with E-state index in [2.05, 4.69) is 13.5 Å². The van der Waals surface area contributed by atoms with E-state index in [0.29, 0.717) is 26.2 Å². The van der Waals surface area contributed by atoms with Crippen molar-refractivity contribution in [1.29, 1.82) is 0 Å². The van der Waals surface area contributed by atoms with Crippen LogP contribution in [0.3, 0.4) is 0 Å². The summed E-state index contributed by atoms with van der Waals surface area (Å²) in [5.41, 5.74) is 2.64. The van der Waals surface area contributed by atoms with Crippen LogP contribution in [0.15, 0.2) is 61.2 Å². The number of aliphatic hydroxyl groups is 2. The minimum Gasteiger partial charge on any atom is -0.494 e. The van der Waals surface area contributed by atoms with Gasteiger partial charge in [0.05, 0.1) is 25.9 Å². The third-order valence-corrected chi connectivity index (χ3v) is 6.47. The second-order valence-electron chi connectivity index (χ2n) is 9.21. The molecule has 8 nitrogen and oxygen atoms in total. The van der Waals surface area contributed by atoms with Crippen molar-refractivity contribution >= 4 is 0 Å². The summed E-state index contributed by atoms with van der Waals surface area (Å²) in [7, 11) is 0. The van der Waals surface area contributed by atoms with Crippen LogP contribution in [0, 0.1) is 0 Å². The van der Waals surface area contributed by atoms with Crippen LogP contribution in [0.5, 0.6) is 5.75 Å². The summed E-state index contributed by atoms with van der Waals surface area (Å²) in [6, 6.07) is 15.3. The smallest absolute Gasteiger partial charge is 0.184 e. The Hall–Kier alpha value is -2.30. The van der Waals surface area contributed by atoms with Gasteiger partial charge in [0, 0.05) is 17.7 Å². The maximum absolute atomic E-state index is 10.7. The topological polar surface area (TPSA) is 95.8 Å². The van der Waals surface area contributed by atoms with E-state index in [9.17, 15) is 10.2 Å². The standard InChI is InChI=1S/C29H38O8/c1-4-7-24-26-27(37-28(34-24)20-10-8-19(9-11-20)18-32-6-3)25(23(31)17-30)35-29(36-26)21-12-14-22(15-13-21)33-16-5-2/h4,8-15,23-31H,1,5-7,16-18H2,2-3H3. The van der Waals surface area contributed by atoms with E-state index in [4.69, 9.17) is 28.4 Å². The van der Waals surface area contributed by atoms with Crippen molar-refractivity contribution in [3.63, 3.8) is 0 Å². The lowest BCUT2D eigenvalue weighted by Crippen LogP contribution is -2.61. The maximum atomic E-state index is 10.7. The Bertz CT molecular complexity index is 963. The second kappa shape index (κ2) is 13.5. The van der Waals surface area contributed by atoms with Crippen LogP contribution < -0.4 is 4.74 Å². The lowest BCUT2D eigenvalue weighted by molar-refractivity contribution is -0.390. The molecule has 202 valence electrons. The zero-order valence-electron chi connectivity index (χ0n) is 21.5. The molecule has 0 aliphatic carbocycles. The van der Waals surface area contributed by atoms with Crippen molar-refractivity contribution in [2.45, 2.75) is 76.4 Å². The molecular weight excluding hydrogens is 476 g/mol. The number of hydrogen-bond donors (Lipinski definition) is 2. The fraction of sp³-hybridized carbons (Fsp3) is 0.517. The molecule has 0 saturated carbocycles. The maximum Gasteiger partial charge on any atom is 0.184 e. The molecule has 2 aliphatic heterocycles. The summed E-state index contributed by atoms with van der Waals surface area (Å²) in [5.74, 6) is 0.759.